The standard InChI is InChI=1S/C22H34N4O/c1-2-23-21(26-12-8-22(17-26)9-13-27-18-22)24-15-19-6-5-7-20(14-19)16-25-10-3-4-11-25/h5-7,14H,2-4,8-13,15-18H2,1H3,(H,23,24). The Labute approximate surface area is 163 Å². The minimum atomic E-state index is 0.367. The molecule has 3 aliphatic rings. The first-order chi connectivity index (χ1) is 13.3. The Morgan fingerprint density at radius 3 is 2.81 bits per heavy atom. The van der Waals surface area contributed by atoms with Gasteiger partial charge >= 0.3 is 0 Å². The van der Waals surface area contributed by atoms with Crippen molar-refractivity contribution < 1.29 is 4.74 Å². The summed E-state index contributed by atoms with van der Waals surface area (Å²) in [6.07, 6.45) is 5.11. The summed E-state index contributed by atoms with van der Waals surface area (Å²) in [5, 5.41) is 3.50. The third kappa shape index (κ3) is 4.64. The Bertz CT molecular complexity index is 647. The smallest absolute Gasteiger partial charge is 0.194 e. The molecule has 3 heterocycles. The molecular weight excluding hydrogens is 336 g/mol. The van der Waals surface area contributed by atoms with Crippen LogP contribution in [0.3, 0.4) is 0 Å². The van der Waals surface area contributed by atoms with E-state index in [9.17, 15) is 0 Å². The van der Waals surface area contributed by atoms with E-state index in [0.29, 0.717) is 5.41 Å². The second-order valence-electron chi connectivity index (χ2n) is 8.45. The first kappa shape index (κ1) is 18.8. The molecule has 1 aromatic carbocycles. The van der Waals surface area contributed by atoms with Crippen LogP contribution in [0.15, 0.2) is 29.3 Å². The summed E-state index contributed by atoms with van der Waals surface area (Å²) in [7, 11) is 0. The molecule has 0 amide bonds. The van der Waals surface area contributed by atoms with Gasteiger partial charge in [0.2, 0.25) is 0 Å². The molecule has 1 aromatic rings. The predicted octanol–water partition coefficient (Wildman–Crippen LogP) is 2.86. The number of rotatable bonds is 5. The van der Waals surface area contributed by atoms with Crippen LogP contribution in [0.5, 0.6) is 0 Å². The average Bonchev–Trinajstić information content (AvgIpc) is 3.43. The van der Waals surface area contributed by atoms with Gasteiger partial charge in [-0.2, -0.15) is 0 Å². The second kappa shape index (κ2) is 8.61. The van der Waals surface area contributed by atoms with Crippen molar-refractivity contribution in [3.8, 4) is 0 Å². The van der Waals surface area contributed by atoms with Gasteiger partial charge < -0.3 is 15.0 Å². The van der Waals surface area contributed by atoms with Crippen molar-refractivity contribution in [1.29, 1.82) is 0 Å². The van der Waals surface area contributed by atoms with Gasteiger partial charge in [-0.1, -0.05) is 24.3 Å². The molecule has 0 aliphatic carbocycles. The van der Waals surface area contributed by atoms with Gasteiger partial charge in [0.1, 0.15) is 0 Å². The molecule has 3 saturated heterocycles. The Hall–Kier alpha value is -1.59. The Kier molecular flexibility index (Phi) is 5.98. The number of nitrogens with zero attached hydrogens (tertiary/aromatic N) is 3. The summed E-state index contributed by atoms with van der Waals surface area (Å²) in [6.45, 7) is 11.4. The van der Waals surface area contributed by atoms with Crippen LogP contribution >= 0.6 is 0 Å². The van der Waals surface area contributed by atoms with Gasteiger partial charge in [-0.25, -0.2) is 4.99 Å². The van der Waals surface area contributed by atoms with E-state index in [1.165, 1.54) is 49.9 Å². The molecule has 5 heteroatoms. The van der Waals surface area contributed by atoms with Crippen LogP contribution in [-0.2, 0) is 17.8 Å². The minimum absolute atomic E-state index is 0.367. The quantitative estimate of drug-likeness (QED) is 0.639. The molecular formula is C22H34N4O. The molecule has 1 atom stereocenters. The SMILES string of the molecule is CCNC(=NCc1cccc(CN2CCCC2)c1)N1CCC2(CCOC2)C1. The summed E-state index contributed by atoms with van der Waals surface area (Å²) in [4.78, 5) is 9.96. The van der Waals surface area contributed by atoms with Crippen LogP contribution in [0.4, 0.5) is 0 Å². The topological polar surface area (TPSA) is 40.1 Å². The van der Waals surface area contributed by atoms with Gasteiger partial charge in [-0.05, 0) is 56.8 Å². The highest BCUT2D eigenvalue weighted by Gasteiger charge is 2.42. The summed E-state index contributed by atoms with van der Waals surface area (Å²) in [5.41, 5.74) is 3.09. The first-order valence-electron chi connectivity index (χ1n) is 10.7. The Balaban J connectivity index is 1.40. The number of likely N-dealkylation sites (tertiary alicyclic amines) is 2. The van der Waals surface area contributed by atoms with Crippen LogP contribution < -0.4 is 5.32 Å². The molecule has 148 valence electrons. The summed E-state index contributed by atoms with van der Waals surface area (Å²) in [6, 6.07) is 8.98. The highest BCUT2D eigenvalue weighted by Crippen LogP contribution is 2.38. The lowest BCUT2D eigenvalue weighted by Crippen LogP contribution is -2.41. The molecule has 5 nitrogen and oxygen atoms in total. The zero-order chi connectivity index (χ0) is 18.5. The highest BCUT2D eigenvalue weighted by atomic mass is 16.5. The minimum Gasteiger partial charge on any atom is -0.381 e. The number of aliphatic imine (C=N–C) groups is 1. The third-order valence-electron chi connectivity index (χ3n) is 6.27. The molecule has 1 spiro atoms. The van der Waals surface area contributed by atoms with E-state index < -0.39 is 0 Å². The van der Waals surface area contributed by atoms with Crippen LogP contribution in [0.2, 0.25) is 0 Å². The summed E-state index contributed by atoms with van der Waals surface area (Å²) >= 11 is 0. The average molecular weight is 371 g/mol. The molecule has 3 fully saturated rings. The molecule has 3 aliphatic heterocycles. The van der Waals surface area contributed by atoms with Gasteiger partial charge in [0, 0.05) is 38.2 Å². The van der Waals surface area contributed by atoms with Crippen LogP contribution in [0.25, 0.3) is 0 Å². The molecule has 0 radical (unpaired) electrons. The maximum Gasteiger partial charge on any atom is 0.194 e. The number of hydrogen-bond acceptors (Lipinski definition) is 3. The van der Waals surface area contributed by atoms with E-state index in [-0.39, 0.29) is 0 Å². The van der Waals surface area contributed by atoms with Crippen molar-refractivity contribution in [1.82, 2.24) is 15.1 Å². The maximum atomic E-state index is 5.68. The Morgan fingerprint density at radius 2 is 2.04 bits per heavy atom. The van der Waals surface area contributed by atoms with Gasteiger partial charge in [0.15, 0.2) is 5.96 Å². The van der Waals surface area contributed by atoms with Gasteiger partial charge in [-0.15, -0.1) is 0 Å². The van der Waals surface area contributed by atoms with Crippen LogP contribution in [-0.4, -0.2) is 61.7 Å². The van der Waals surface area contributed by atoms with Crippen LogP contribution in [0.1, 0.15) is 43.7 Å². The number of benzene rings is 1. The molecule has 4 rings (SSSR count). The first-order valence-corrected chi connectivity index (χ1v) is 10.7. The number of guanidine groups is 1. The van der Waals surface area contributed by atoms with Crippen molar-refractivity contribution in [2.75, 3.05) is 45.9 Å². The fourth-order valence-electron chi connectivity index (χ4n) is 4.70. The zero-order valence-electron chi connectivity index (χ0n) is 16.8. The fourth-order valence-corrected chi connectivity index (χ4v) is 4.70. The monoisotopic (exact) mass is 370 g/mol. The summed E-state index contributed by atoms with van der Waals surface area (Å²) in [5.74, 6) is 1.06. The number of ether oxygens (including phenoxy) is 1. The molecule has 0 aromatic heterocycles. The lowest BCUT2D eigenvalue weighted by Gasteiger charge is -2.25. The fraction of sp³-hybridized carbons (Fsp3) is 0.682. The van der Waals surface area contributed by atoms with Crippen molar-refractivity contribution in [3.05, 3.63) is 35.4 Å². The van der Waals surface area contributed by atoms with E-state index in [1.807, 2.05) is 0 Å². The number of nitrogens with one attached hydrogen (secondary N) is 1. The largest absolute Gasteiger partial charge is 0.381 e. The van der Waals surface area contributed by atoms with E-state index >= 15 is 0 Å². The highest BCUT2D eigenvalue weighted by molar-refractivity contribution is 5.80. The molecule has 0 bridgehead atoms. The van der Waals surface area contributed by atoms with E-state index in [4.69, 9.17) is 9.73 Å². The molecule has 0 saturated carbocycles. The number of hydrogen-bond donors (Lipinski definition) is 1. The maximum absolute atomic E-state index is 5.68. The van der Waals surface area contributed by atoms with Gasteiger partial charge in [0.05, 0.1) is 13.2 Å². The van der Waals surface area contributed by atoms with E-state index in [1.54, 1.807) is 0 Å². The lowest BCUT2D eigenvalue weighted by molar-refractivity contribution is 0.156. The van der Waals surface area contributed by atoms with Crippen molar-refractivity contribution in [2.24, 2.45) is 10.4 Å². The molecule has 1 unspecified atom stereocenters. The third-order valence-corrected chi connectivity index (χ3v) is 6.27. The van der Waals surface area contributed by atoms with E-state index in [2.05, 4.69) is 46.3 Å². The van der Waals surface area contributed by atoms with Crippen molar-refractivity contribution in [3.63, 3.8) is 0 Å². The van der Waals surface area contributed by atoms with Crippen molar-refractivity contribution in [2.45, 2.75) is 45.7 Å². The zero-order valence-corrected chi connectivity index (χ0v) is 16.8. The summed E-state index contributed by atoms with van der Waals surface area (Å²) < 4.78 is 5.68. The Morgan fingerprint density at radius 1 is 1.19 bits per heavy atom. The van der Waals surface area contributed by atoms with Crippen molar-refractivity contribution >= 4 is 5.96 Å². The molecule has 27 heavy (non-hydrogen) atoms. The lowest BCUT2D eigenvalue weighted by atomic mass is 9.87. The normalized spacial score (nSPS) is 26.4. The van der Waals surface area contributed by atoms with Gasteiger partial charge in [-0.3, -0.25) is 4.90 Å². The molecule has 1 N–H and O–H groups in total. The predicted molar refractivity (Wildman–Crippen MR) is 110 cm³/mol. The van der Waals surface area contributed by atoms with Gasteiger partial charge in [0.25, 0.3) is 0 Å². The van der Waals surface area contributed by atoms with E-state index in [0.717, 1.165) is 51.9 Å². The second-order valence-corrected chi connectivity index (χ2v) is 8.45. The van der Waals surface area contributed by atoms with Crippen LogP contribution in [0, 0.1) is 5.41 Å².